The van der Waals surface area contributed by atoms with Gasteiger partial charge in [-0.15, -0.1) is 24.8 Å². The summed E-state index contributed by atoms with van der Waals surface area (Å²) in [5, 5.41) is 6.10. The molecule has 2 saturated heterocycles. The van der Waals surface area contributed by atoms with Gasteiger partial charge in [-0.1, -0.05) is 11.6 Å². The first-order chi connectivity index (χ1) is 12.3. The van der Waals surface area contributed by atoms with Crippen LogP contribution in [0.5, 0.6) is 5.88 Å². The molecule has 2 aliphatic rings. The minimum Gasteiger partial charge on any atom is -0.475 e. The van der Waals surface area contributed by atoms with Gasteiger partial charge in [0, 0.05) is 24.7 Å². The molecule has 0 aliphatic carbocycles. The Morgan fingerprint density at radius 3 is 2.50 bits per heavy atom. The summed E-state index contributed by atoms with van der Waals surface area (Å²) in [4.78, 5) is 15.6. The summed E-state index contributed by atoms with van der Waals surface area (Å²) in [7, 11) is 0. The van der Waals surface area contributed by atoms with E-state index in [4.69, 9.17) is 16.3 Å². The molecule has 2 fully saturated rings. The van der Waals surface area contributed by atoms with Crippen LogP contribution in [0, 0.1) is 5.92 Å². The van der Waals surface area contributed by atoms with Gasteiger partial charge in [-0.3, -0.25) is 4.79 Å². The lowest BCUT2D eigenvalue weighted by Gasteiger charge is -2.28. The summed E-state index contributed by atoms with van der Waals surface area (Å²) in [6.45, 7) is 0.330. The monoisotopic (exact) mass is 463 g/mol. The number of aromatic nitrogens is 1. The fraction of sp³-hybridized carbons (Fsp3) is 0.647. The van der Waals surface area contributed by atoms with Gasteiger partial charge in [0.25, 0.3) is 0 Å². The number of carbonyl (C=O) groups is 1. The highest BCUT2D eigenvalue weighted by atomic mass is 35.5. The maximum Gasteiger partial charge on any atom is 0.417 e. The predicted molar refractivity (Wildman–Crippen MR) is 105 cm³/mol. The third-order valence-electron chi connectivity index (χ3n) is 4.84. The molecule has 2 atom stereocenters. The van der Waals surface area contributed by atoms with Crippen molar-refractivity contribution >= 4 is 42.3 Å². The van der Waals surface area contributed by atoms with E-state index in [2.05, 4.69) is 15.6 Å². The van der Waals surface area contributed by atoms with Crippen LogP contribution < -0.4 is 15.4 Å². The van der Waals surface area contributed by atoms with Crippen molar-refractivity contribution in [1.82, 2.24) is 15.6 Å². The number of carbonyl (C=O) groups excluding carboxylic acids is 1. The van der Waals surface area contributed by atoms with Crippen LogP contribution in [0.15, 0.2) is 12.3 Å². The first kappa shape index (κ1) is 25.1. The fourth-order valence-corrected chi connectivity index (χ4v) is 3.92. The Morgan fingerprint density at radius 2 is 1.93 bits per heavy atom. The lowest BCUT2D eigenvalue weighted by molar-refractivity contribution is -0.137. The third-order valence-corrected chi connectivity index (χ3v) is 5.11. The summed E-state index contributed by atoms with van der Waals surface area (Å²) in [6.07, 6.45) is 1.11. The van der Waals surface area contributed by atoms with Gasteiger partial charge in [0.1, 0.15) is 11.6 Å². The molecule has 0 saturated carbocycles. The second kappa shape index (κ2) is 10.7. The van der Waals surface area contributed by atoms with E-state index in [1.807, 2.05) is 0 Å². The van der Waals surface area contributed by atoms with E-state index in [-0.39, 0.29) is 54.8 Å². The number of hydrogen-bond acceptors (Lipinski definition) is 4. The highest BCUT2D eigenvalue weighted by Crippen LogP contribution is 2.33. The van der Waals surface area contributed by atoms with E-state index >= 15 is 0 Å². The first-order valence-corrected chi connectivity index (χ1v) is 9.07. The summed E-state index contributed by atoms with van der Waals surface area (Å²) < 4.78 is 42.9. The number of hydrogen-bond donors (Lipinski definition) is 2. The van der Waals surface area contributed by atoms with Crippen LogP contribution in [0.2, 0.25) is 5.02 Å². The molecule has 11 heteroatoms. The molecular formula is C17H23Cl3F3N3O2. The van der Waals surface area contributed by atoms with Crippen LogP contribution in [0.25, 0.3) is 0 Å². The largest absolute Gasteiger partial charge is 0.475 e. The minimum absolute atomic E-state index is 0. The van der Waals surface area contributed by atoms with E-state index in [1.54, 1.807) is 0 Å². The van der Waals surface area contributed by atoms with E-state index in [9.17, 15) is 18.0 Å². The van der Waals surface area contributed by atoms with Crippen molar-refractivity contribution in [1.29, 1.82) is 0 Å². The molecule has 1 amide bonds. The van der Waals surface area contributed by atoms with Gasteiger partial charge < -0.3 is 15.4 Å². The van der Waals surface area contributed by atoms with E-state index < -0.39 is 11.7 Å². The fourth-order valence-electron chi connectivity index (χ4n) is 3.70. The zero-order valence-corrected chi connectivity index (χ0v) is 17.3. The van der Waals surface area contributed by atoms with E-state index in [1.165, 1.54) is 12.8 Å². The highest BCUT2D eigenvalue weighted by Gasteiger charge is 2.34. The first-order valence-electron chi connectivity index (χ1n) is 8.69. The smallest absolute Gasteiger partial charge is 0.417 e. The Balaban J connectivity index is 0.00000196. The molecule has 160 valence electrons. The van der Waals surface area contributed by atoms with Crippen molar-refractivity contribution in [2.45, 2.75) is 50.4 Å². The predicted octanol–water partition coefficient (Wildman–Crippen LogP) is 4.01. The van der Waals surface area contributed by atoms with E-state index in [0.29, 0.717) is 30.6 Å². The topological polar surface area (TPSA) is 63.2 Å². The molecule has 2 aliphatic heterocycles. The van der Waals surface area contributed by atoms with Crippen molar-refractivity contribution in [2.75, 3.05) is 13.2 Å². The number of amides is 1. The van der Waals surface area contributed by atoms with Gasteiger partial charge in [0.15, 0.2) is 0 Å². The molecule has 0 radical (unpaired) electrons. The standard InChI is InChI=1S/C17H21ClF3N3O2.2ClH/c18-14-8-11(17(19,20)21)9-23-16(14)26-4-3-22-15(25)7-10-5-12-1-2-13(6-10)24-12;;/h8-10,12-13,24H,1-7H2,(H,22,25);2*1H. The van der Waals surface area contributed by atoms with Crippen LogP contribution in [-0.2, 0) is 11.0 Å². The lowest BCUT2D eigenvalue weighted by Crippen LogP contribution is -2.40. The zero-order chi connectivity index (χ0) is 18.7. The Morgan fingerprint density at radius 1 is 1.29 bits per heavy atom. The number of ether oxygens (including phenoxy) is 1. The molecule has 0 spiro atoms. The number of halogens is 6. The van der Waals surface area contributed by atoms with Crippen LogP contribution in [0.3, 0.4) is 0 Å². The van der Waals surface area contributed by atoms with Crippen molar-refractivity contribution < 1.29 is 22.7 Å². The number of rotatable bonds is 6. The number of alkyl halides is 3. The summed E-state index contributed by atoms with van der Waals surface area (Å²) in [6, 6.07) is 1.86. The van der Waals surface area contributed by atoms with Gasteiger partial charge in [-0.25, -0.2) is 4.98 Å². The number of fused-ring (bicyclic) bond motifs is 2. The van der Waals surface area contributed by atoms with Gasteiger partial charge in [-0.2, -0.15) is 13.2 Å². The van der Waals surface area contributed by atoms with Gasteiger partial charge in [0.2, 0.25) is 11.8 Å². The van der Waals surface area contributed by atoms with Gasteiger partial charge in [0.05, 0.1) is 12.1 Å². The van der Waals surface area contributed by atoms with Crippen LogP contribution >= 0.6 is 36.4 Å². The lowest BCUT2D eigenvalue weighted by atomic mass is 9.89. The molecule has 3 heterocycles. The molecule has 2 bridgehead atoms. The Hall–Kier alpha value is -0.960. The number of nitrogens with one attached hydrogen (secondary N) is 2. The molecule has 3 rings (SSSR count). The maximum absolute atomic E-state index is 12.5. The second-order valence-electron chi connectivity index (χ2n) is 6.89. The molecule has 5 nitrogen and oxygen atoms in total. The van der Waals surface area contributed by atoms with Crippen molar-refractivity contribution in [3.63, 3.8) is 0 Å². The molecule has 1 aromatic rings. The van der Waals surface area contributed by atoms with E-state index in [0.717, 1.165) is 18.9 Å². The average molecular weight is 465 g/mol. The number of piperidine rings is 1. The van der Waals surface area contributed by atoms with Gasteiger partial charge >= 0.3 is 6.18 Å². The van der Waals surface area contributed by atoms with Gasteiger partial charge in [-0.05, 0) is 37.7 Å². The molecule has 2 unspecified atom stereocenters. The molecule has 2 N–H and O–H groups in total. The Kier molecular flexibility index (Phi) is 9.59. The highest BCUT2D eigenvalue weighted by molar-refractivity contribution is 6.31. The van der Waals surface area contributed by atoms with Crippen molar-refractivity contribution in [2.24, 2.45) is 5.92 Å². The molecule has 1 aromatic heterocycles. The van der Waals surface area contributed by atoms with Crippen molar-refractivity contribution in [3.05, 3.63) is 22.8 Å². The average Bonchev–Trinajstić information content (AvgIpc) is 2.90. The van der Waals surface area contributed by atoms with Crippen LogP contribution in [0.1, 0.15) is 37.7 Å². The Bertz CT molecular complexity index is 652. The second-order valence-corrected chi connectivity index (χ2v) is 7.29. The Labute approximate surface area is 178 Å². The van der Waals surface area contributed by atoms with Crippen molar-refractivity contribution in [3.8, 4) is 5.88 Å². The number of pyridine rings is 1. The third kappa shape index (κ3) is 6.83. The molecule has 0 aromatic carbocycles. The van der Waals surface area contributed by atoms with Crippen LogP contribution in [-0.4, -0.2) is 36.1 Å². The quantitative estimate of drug-likeness (QED) is 0.625. The molecular weight excluding hydrogens is 442 g/mol. The zero-order valence-electron chi connectivity index (χ0n) is 14.9. The minimum atomic E-state index is -4.50. The SMILES string of the molecule is Cl.Cl.O=C(CC1CC2CCC(C1)N2)NCCOc1ncc(C(F)(F)F)cc1Cl. The van der Waals surface area contributed by atoms with Crippen LogP contribution in [0.4, 0.5) is 13.2 Å². The normalized spacial score (nSPS) is 23.4. The molecule has 28 heavy (non-hydrogen) atoms. The maximum atomic E-state index is 12.5. The summed E-state index contributed by atoms with van der Waals surface area (Å²) in [5.41, 5.74) is -0.931. The number of nitrogens with zero attached hydrogens (tertiary/aromatic N) is 1. The summed E-state index contributed by atoms with van der Waals surface area (Å²) >= 11 is 5.76. The summed E-state index contributed by atoms with van der Waals surface area (Å²) in [5.74, 6) is 0.288.